The molecule has 0 spiro atoms. The van der Waals surface area contributed by atoms with Crippen molar-refractivity contribution >= 4 is 17.5 Å². The molecule has 30 heavy (non-hydrogen) atoms. The normalized spacial score (nSPS) is 29.8. The van der Waals surface area contributed by atoms with Crippen molar-refractivity contribution in [2.75, 3.05) is 26.2 Å². The van der Waals surface area contributed by atoms with Crippen molar-refractivity contribution in [3.63, 3.8) is 0 Å². The zero-order valence-corrected chi connectivity index (χ0v) is 18.9. The fourth-order valence-corrected chi connectivity index (χ4v) is 6.48. The third kappa shape index (κ3) is 5.30. The van der Waals surface area contributed by atoms with E-state index in [2.05, 4.69) is 10.6 Å². The molecule has 3 N–H and O–H groups in total. The van der Waals surface area contributed by atoms with Crippen molar-refractivity contribution in [3.05, 3.63) is 28.8 Å². The Labute approximate surface area is 184 Å². The largest absolute Gasteiger partial charge is 0.492 e. The van der Waals surface area contributed by atoms with Gasteiger partial charge in [-0.2, -0.15) is 0 Å². The second-order valence-electron chi connectivity index (χ2n) is 10.6. The number of amides is 1. The number of aliphatic hydroxyl groups is 1. The van der Waals surface area contributed by atoms with E-state index in [0.717, 1.165) is 24.3 Å². The summed E-state index contributed by atoms with van der Waals surface area (Å²) in [5.41, 5.74) is 0.0303. The van der Waals surface area contributed by atoms with Gasteiger partial charge >= 0.3 is 0 Å². The molecule has 6 heteroatoms. The first-order valence-electron chi connectivity index (χ1n) is 11.4. The predicted octanol–water partition coefficient (Wildman–Crippen LogP) is 4.03. The minimum atomic E-state index is -0.748. The lowest BCUT2D eigenvalue weighted by Crippen LogP contribution is -2.51. The average molecular weight is 435 g/mol. The molecule has 0 unspecified atom stereocenters. The Morgan fingerprint density at radius 2 is 1.83 bits per heavy atom. The number of carbonyl (C=O) groups excluding carboxylic acids is 1. The molecule has 166 valence electrons. The highest BCUT2D eigenvalue weighted by molar-refractivity contribution is 6.33. The summed E-state index contributed by atoms with van der Waals surface area (Å²) in [7, 11) is 0. The lowest BCUT2D eigenvalue weighted by Gasteiger charge is -2.56. The molecular formula is C24H35ClN2O3. The van der Waals surface area contributed by atoms with E-state index in [1.807, 2.05) is 0 Å². The van der Waals surface area contributed by atoms with Crippen molar-refractivity contribution < 1.29 is 14.6 Å². The molecule has 4 bridgehead atoms. The second-order valence-corrected chi connectivity index (χ2v) is 11.0. The van der Waals surface area contributed by atoms with E-state index in [4.69, 9.17) is 16.3 Å². The van der Waals surface area contributed by atoms with Crippen LogP contribution in [0, 0.1) is 23.2 Å². The van der Waals surface area contributed by atoms with E-state index >= 15 is 0 Å². The number of hydrogen-bond donors (Lipinski definition) is 3. The van der Waals surface area contributed by atoms with Crippen LogP contribution in [0.5, 0.6) is 5.75 Å². The summed E-state index contributed by atoms with van der Waals surface area (Å²) < 4.78 is 5.76. The lowest BCUT2D eigenvalue weighted by molar-refractivity contribution is -0.0503. The average Bonchev–Trinajstić information content (AvgIpc) is 2.65. The molecule has 4 aliphatic carbocycles. The summed E-state index contributed by atoms with van der Waals surface area (Å²) >= 11 is 6.32. The molecule has 0 atom stereocenters. The van der Waals surface area contributed by atoms with Crippen LogP contribution in [0.2, 0.25) is 5.02 Å². The minimum Gasteiger partial charge on any atom is -0.492 e. The first kappa shape index (κ1) is 21.9. The topological polar surface area (TPSA) is 70.6 Å². The van der Waals surface area contributed by atoms with Crippen LogP contribution in [0.15, 0.2) is 18.2 Å². The third-order valence-corrected chi connectivity index (χ3v) is 7.41. The van der Waals surface area contributed by atoms with E-state index < -0.39 is 5.60 Å². The molecule has 0 saturated heterocycles. The standard InChI is InChI=1S/C24H35ClN2O3/c1-23(2,29)14-26-5-6-30-19-3-4-21(25)20(10-19)22(28)27-15-24-11-16-7-17(12-24)9-18(8-16)13-24/h3-4,10,16-18,26,29H,5-9,11-15H2,1-2H3,(H,27,28). The Bertz CT molecular complexity index is 739. The van der Waals surface area contributed by atoms with Gasteiger partial charge in [-0.25, -0.2) is 0 Å². The van der Waals surface area contributed by atoms with E-state index in [1.165, 1.54) is 38.5 Å². The third-order valence-electron chi connectivity index (χ3n) is 7.08. The Morgan fingerprint density at radius 1 is 1.20 bits per heavy atom. The van der Waals surface area contributed by atoms with E-state index in [1.54, 1.807) is 32.0 Å². The van der Waals surface area contributed by atoms with Gasteiger partial charge in [0.25, 0.3) is 5.91 Å². The van der Waals surface area contributed by atoms with Gasteiger partial charge in [0.15, 0.2) is 0 Å². The fraction of sp³-hybridized carbons (Fsp3) is 0.708. The Kier molecular flexibility index (Phi) is 6.34. The Morgan fingerprint density at radius 3 is 2.43 bits per heavy atom. The minimum absolute atomic E-state index is 0.110. The van der Waals surface area contributed by atoms with Gasteiger partial charge in [0.05, 0.1) is 16.2 Å². The lowest BCUT2D eigenvalue weighted by atomic mass is 9.49. The monoisotopic (exact) mass is 434 g/mol. The number of halogens is 1. The molecule has 0 heterocycles. The van der Waals surface area contributed by atoms with E-state index in [9.17, 15) is 9.90 Å². The number of nitrogens with one attached hydrogen (secondary N) is 2. The summed E-state index contributed by atoms with van der Waals surface area (Å²) in [6.45, 7) is 5.83. The van der Waals surface area contributed by atoms with Crippen molar-refractivity contribution in [1.29, 1.82) is 0 Å². The zero-order chi connectivity index (χ0) is 21.4. The van der Waals surface area contributed by atoms with Crippen molar-refractivity contribution in [2.45, 2.75) is 58.0 Å². The zero-order valence-electron chi connectivity index (χ0n) is 18.2. The molecule has 4 saturated carbocycles. The highest BCUT2D eigenvalue weighted by Gasteiger charge is 2.50. The van der Waals surface area contributed by atoms with Gasteiger partial charge in [-0.3, -0.25) is 4.79 Å². The molecule has 5 nitrogen and oxygen atoms in total. The van der Waals surface area contributed by atoms with E-state index in [-0.39, 0.29) is 5.91 Å². The molecule has 1 aromatic rings. The molecule has 1 amide bonds. The quantitative estimate of drug-likeness (QED) is 0.513. The van der Waals surface area contributed by atoms with Crippen molar-refractivity contribution in [1.82, 2.24) is 10.6 Å². The van der Waals surface area contributed by atoms with Crippen LogP contribution in [0.1, 0.15) is 62.7 Å². The molecule has 0 radical (unpaired) electrons. The van der Waals surface area contributed by atoms with Crippen LogP contribution < -0.4 is 15.4 Å². The smallest absolute Gasteiger partial charge is 0.252 e. The molecule has 4 aliphatic rings. The van der Waals surface area contributed by atoms with Gasteiger partial charge in [0, 0.05) is 19.6 Å². The van der Waals surface area contributed by atoms with Crippen LogP contribution in [0.25, 0.3) is 0 Å². The Hall–Kier alpha value is -1.30. The predicted molar refractivity (Wildman–Crippen MR) is 119 cm³/mol. The van der Waals surface area contributed by atoms with Gasteiger partial charge in [0.2, 0.25) is 0 Å². The van der Waals surface area contributed by atoms with Gasteiger partial charge in [-0.05, 0) is 93.7 Å². The highest BCUT2D eigenvalue weighted by Crippen LogP contribution is 2.59. The van der Waals surface area contributed by atoms with Crippen LogP contribution in [0.4, 0.5) is 0 Å². The molecule has 5 rings (SSSR count). The number of benzene rings is 1. The van der Waals surface area contributed by atoms with Gasteiger partial charge < -0.3 is 20.5 Å². The molecule has 4 fully saturated rings. The van der Waals surface area contributed by atoms with Crippen molar-refractivity contribution in [3.8, 4) is 5.75 Å². The molecule has 0 aromatic heterocycles. The molecule has 1 aromatic carbocycles. The molecule has 0 aliphatic heterocycles. The van der Waals surface area contributed by atoms with Gasteiger partial charge in [-0.15, -0.1) is 0 Å². The van der Waals surface area contributed by atoms with Crippen LogP contribution in [-0.2, 0) is 0 Å². The summed E-state index contributed by atoms with van der Waals surface area (Å²) in [4.78, 5) is 12.9. The number of hydrogen-bond acceptors (Lipinski definition) is 4. The summed E-state index contributed by atoms with van der Waals surface area (Å²) in [5, 5.41) is 16.5. The first-order chi connectivity index (χ1) is 14.2. The highest BCUT2D eigenvalue weighted by atomic mass is 35.5. The number of ether oxygens (including phenoxy) is 1. The summed E-state index contributed by atoms with van der Waals surface area (Å²) in [6.07, 6.45) is 8.03. The maximum absolute atomic E-state index is 12.9. The van der Waals surface area contributed by atoms with Crippen LogP contribution in [0.3, 0.4) is 0 Å². The van der Waals surface area contributed by atoms with Crippen LogP contribution >= 0.6 is 11.6 Å². The number of carbonyl (C=O) groups is 1. The van der Waals surface area contributed by atoms with Crippen molar-refractivity contribution in [2.24, 2.45) is 23.2 Å². The van der Waals surface area contributed by atoms with Gasteiger partial charge in [0.1, 0.15) is 12.4 Å². The van der Waals surface area contributed by atoms with E-state index in [0.29, 0.717) is 41.4 Å². The first-order valence-corrected chi connectivity index (χ1v) is 11.7. The summed E-state index contributed by atoms with van der Waals surface area (Å²) in [6, 6.07) is 5.24. The second kappa shape index (κ2) is 8.68. The maximum atomic E-state index is 12.9. The molecular weight excluding hydrogens is 400 g/mol. The summed E-state index contributed by atoms with van der Waals surface area (Å²) in [5.74, 6) is 3.14. The van der Waals surface area contributed by atoms with Crippen LogP contribution in [-0.4, -0.2) is 42.9 Å². The fourth-order valence-electron chi connectivity index (χ4n) is 6.27. The number of rotatable bonds is 9. The van der Waals surface area contributed by atoms with Gasteiger partial charge in [-0.1, -0.05) is 11.6 Å². The SMILES string of the molecule is CC(C)(O)CNCCOc1ccc(Cl)c(C(=O)NCC23CC4CC(CC(C4)C2)C3)c1. The Balaban J connectivity index is 1.30. The maximum Gasteiger partial charge on any atom is 0.252 e.